The van der Waals surface area contributed by atoms with Gasteiger partial charge in [0.25, 0.3) is 0 Å². The predicted molar refractivity (Wildman–Crippen MR) is 52.4 cm³/mol. The zero-order valence-corrected chi connectivity index (χ0v) is 8.50. The van der Waals surface area contributed by atoms with Gasteiger partial charge in [0.2, 0.25) is 5.91 Å². The van der Waals surface area contributed by atoms with E-state index in [2.05, 4.69) is 0 Å². The summed E-state index contributed by atoms with van der Waals surface area (Å²) in [5.41, 5.74) is 1.08. The molecule has 0 N–H and O–H groups in total. The van der Waals surface area contributed by atoms with Crippen LogP contribution in [0.5, 0.6) is 0 Å². The molecule has 2 aliphatic rings. The van der Waals surface area contributed by atoms with Gasteiger partial charge in [-0.1, -0.05) is 0 Å². The van der Waals surface area contributed by atoms with Gasteiger partial charge in [0.1, 0.15) is 12.1 Å². The van der Waals surface area contributed by atoms with Crippen molar-refractivity contribution < 1.29 is 14.0 Å². The lowest BCUT2D eigenvalue weighted by atomic mass is 9.90. The number of allylic oxidation sites excluding steroid dienone is 4. The highest BCUT2D eigenvalue weighted by Crippen LogP contribution is 2.40. The Morgan fingerprint density at radius 3 is 3.07 bits per heavy atom. The Kier molecular flexibility index (Phi) is 2.42. The first-order chi connectivity index (χ1) is 7.15. The van der Waals surface area contributed by atoms with Crippen LogP contribution in [0.2, 0.25) is 0 Å². The molecule has 15 heavy (non-hydrogen) atoms. The van der Waals surface area contributed by atoms with Crippen LogP contribution in [-0.4, -0.2) is 24.1 Å². The smallest absolute Gasteiger partial charge is 0.227 e. The normalized spacial score (nSPS) is 25.5. The lowest BCUT2D eigenvalue weighted by Crippen LogP contribution is -2.20. The number of rotatable bonds is 2. The Morgan fingerprint density at radius 1 is 1.67 bits per heavy atom. The zero-order chi connectivity index (χ0) is 11.0. The minimum absolute atomic E-state index is 0.00139. The fourth-order valence-corrected chi connectivity index (χ4v) is 2.27. The molecule has 0 aromatic carbocycles. The Hall–Kier alpha value is -1.45. The average Bonchev–Trinajstić information content (AvgIpc) is 2.49. The van der Waals surface area contributed by atoms with Crippen molar-refractivity contribution in [3.05, 3.63) is 23.2 Å². The predicted octanol–water partition coefficient (Wildman–Crippen LogP) is 1.56. The number of amides is 1. The monoisotopic (exact) mass is 209 g/mol. The molecular weight excluding hydrogens is 197 g/mol. The van der Waals surface area contributed by atoms with E-state index in [4.69, 9.17) is 0 Å². The molecule has 1 saturated heterocycles. The molecule has 3 nitrogen and oxygen atoms in total. The molecule has 1 aliphatic carbocycles. The Morgan fingerprint density at radius 2 is 2.40 bits per heavy atom. The summed E-state index contributed by atoms with van der Waals surface area (Å²) in [5.74, 6) is -0.284. The van der Waals surface area contributed by atoms with Crippen molar-refractivity contribution in [2.45, 2.75) is 19.3 Å². The van der Waals surface area contributed by atoms with Crippen LogP contribution in [0, 0.1) is 5.92 Å². The first-order valence-electron chi connectivity index (χ1n) is 4.94. The summed E-state index contributed by atoms with van der Waals surface area (Å²) in [7, 11) is 1.64. The zero-order valence-electron chi connectivity index (χ0n) is 8.50. The van der Waals surface area contributed by atoms with Crippen LogP contribution < -0.4 is 0 Å². The quantitative estimate of drug-likeness (QED) is 0.647. The van der Waals surface area contributed by atoms with E-state index in [9.17, 15) is 14.0 Å². The number of likely N-dealkylation sites (tertiary alicyclic amines) is 1. The van der Waals surface area contributed by atoms with E-state index in [0.717, 1.165) is 0 Å². The van der Waals surface area contributed by atoms with Gasteiger partial charge < -0.3 is 9.69 Å². The summed E-state index contributed by atoms with van der Waals surface area (Å²) < 4.78 is 13.5. The SMILES string of the molecule is CN1C(=O)CC2CC=C(F)C(CC=O)=C21. The van der Waals surface area contributed by atoms with E-state index in [0.29, 0.717) is 30.4 Å². The van der Waals surface area contributed by atoms with Gasteiger partial charge in [0, 0.05) is 37.1 Å². The van der Waals surface area contributed by atoms with E-state index in [1.807, 2.05) is 0 Å². The lowest BCUT2D eigenvalue weighted by Gasteiger charge is -2.22. The van der Waals surface area contributed by atoms with Crippen molar-refractivity contribution in [3.63, 3.8) is 0 Å². The van der Waals surface area contributed by atoms with Crippen LogP contribution in [0.1, 0.15) is 19.3 Å². The van der Waals surface area contributed by atoms with Gasteiger partial charge in [0.15, 0.2) is 0 Å². The van der Waals surface area contributed by atoms with E-state index >= 15 is 0 Å². The van der Waals surface area contributed by atoms with E-state index in [1.54, 1.807) is 7.05 Å². The van der Waals surface area contributed by atoms with E-state index < -0.39 is 0 Å². The van der Waals surface area contributed by atoms with Gasteiger partial charge in [-0.3, -0.25) is 4.79 Å². The number of halogens is 1. The van der Waals surface area contributed by atoms with E-state index in [1.165, 1.54) is 11.0 Å². The highest BCUT2D eigenvalue weighted by Gasteiger charge is 2.36. The molecule has 0 spiro atoms. The molecule has 0 radical (unpaired) electrons. The van der Waals surface area contributed by atoms with Crippen LogP contribution in [0.15, 0.2) is 23.2 Å². The summed E-state index contributed by atoms with van der Waals surface area (Å²) >= 11 is 0. The van der Waals surface area contributed by atoms with Crippen molar-refractivity contribution in [3.8, 4) is 0 Å². The summed E-state index contributed by atoms with van der Waals surface area (Å²) in [6, 6.07) is 0. The molecule has 4 heteroatoms. The van der Waals surface area contributed by atoms with E-state index in [-0.39, 0.29) is 24.1 Å². The van der Waals surface area contributed by atoms with Crippen molar-refractivity contribution in [2.24, 2.45) is 5.92 Å². The highest BCUT2D eigenvalue weighted by molar-refractivity contribution is 5.83. The third kappa shape index (κ3) is 1.50. The highest BCUT2D eigenvalue weighted by atomic mass is 19.1. The fraction of sp³-hybridized carbons (Fsp3) is 0.455. The Bertz CT molecular complexity index is 384. The molecular formula is C11H12FNO2. The second kappa shape index (κ2) is 3.61. The van der Waals surface area contributed by atoms with Crippen molar-refractivity contribution in [1.82, 2.24) is 4.90 Å². The number of carbonyl (C=O) groups excluding carboxylic acids is 2. The first kappa shape index (κ1) is 10.1. The molecule has 1 unspecified atom stereocenters. The molecule has 0 aromatic heterocycles. The summed E-state index contributed by atoms with van der Waals surface area (Å²) in [6.07, 6.45) is 3.18. The Balaban J connectivity index is 2.45. The standard InChI is InChI=1S/C11H12FNO2/c1-13-10(15)6-7-2-3-9(12)8(4-5-14)11(7)13/h3,5,7H,2,4,6H2,1H3. The number of aldehydes is 1. The maximum absolute atomic E-state index is 13.5. The van der Waals surface area contributed by atoms with Gasteiger partial charge in [-0.2, -0.15) is 0 Å². The van der Waals surface area contributed by atoms with Gasteiger partial charge in [-0.05, 0) is 12.5 Å². The fourth-order valence-electron chi connectivity index (χ4n) is 2.27. The molecule has 1 heterocycles. The Labute approximate surface area is 87.2 Å². The summed E-state index contributed by atoms with van der Waals surface area (Å²) in [6.45, 7) is 0. The summed E-state index contributed by atoms with van der Waals surface area (Å²) in [5, 5.41) is 0. The average molecular weight is 209 g/mol. The van der Waals surface area contributed by atoms with Gasteiger partial charge in [0.05, 0.1) is 0 Å². The minimum atomic E-state index is -0.352. The van der Waals surface area contributed by atoms with Crippen molar-refractivity contribution in [2.75, 3.05) is 7.05 Å². The topological polar surface area (TPSA) is 37.4 Å². The van der Waals surface area contributed by atoms with Crippen LogP contribution in [0.25, 0.3) is 0 Å². The maximum Gasteiger partial charge on any atom is 0.227 e. The summed E-state index contributed by atoms with van der Waals surface area (Å²) in [4.78, 5) is 23.4. The molecule has 0 aromatic rings. The van der Waals surface area contributed by atoms with Crippen LogP contribution in [0.4, 0.5) is 4.39 Å². The molecule has 1 atom stereocenters. The van der Waals surface area contributed by atoms with Gasteiger partial charge >= 0.3 is 0 Å². The van der Waals surface area contributed by atoms with Crippen molar-refractivity contribution >= 4 is 12.2 Å². The van der Waals surface area contributed by atoms with Crippen LogP contribution in [-0.2, 0) is 9.59 Å². The first-order valence-corrected chi connectivity index (χ1v) is 4.94. The minimum Gasteiger partial charge on any atom is -0.319 e. The third-order valence-electron chi connectivity index (χ3n) is 3.01. The van der Waals surface area contributed by atoms with Crippen LogP contribution in [0.3, 0.4) is 0 Å². The number of hydrogen-bond donors (Lipinski definition) is 0. The number of hydrogen-bond acceptors (Lipinski definition) is 2. The number of fused-ring (bicyclic) bond motifs is 1. The van der Waals surface area contributed by atoms with Gasteiger partial charge in [-0.25, -0.2) is 4.39 Å². The number of nitrogens with zero attached hydrogens (tertiary/aromatic N) is 1. The molecule has 1 fully saturated rings. The lowest BCUT2D eigenvalue weighted by molar-refractivity contribution is -0.125. The largest absolute Gasteiger partial charge is 0.319 e. The molecule has 0 saturated carbocycles. The molecule has 1 aliphatic heterocycles. The number of carbonyl (C=O) groups is 2. The van der Waals surface area contributed by atoms with Crippen LogP contribution >= 0.6 is 0 Å². The van der Waals surface area contributed by atoms with Gasteiger partial charge in [-0.15, -0.1) is 0 Å². The molecule has 80 valence electrons. The molecule has 1 amide bonds. The molecule has 0 bridgehead atoms. The molecule has 2 rings (SSSR count). The maximum atomic E-state index is 13.5. The third-order valence-corrected chi connectivity index (χ3v) is 3.01. The van der Waals surface area contributed by atoms with Crippen molar-refractivity contribution in [1.29, 1.82) is 0 Å². The second-order valence-corrected chi connectivity index (χ2v) is 3.88. The second-order valence-electron chi connectivity index (χ2n) is 3.88.